The van der Waals surface area contributed by atoms with Gasteiger partial charge in [-0.3, -0.25) is 4.79 Å². The van der Waals surface area contributed by atoms with Crippen LogP contribution in [0, 0.1) is 11.6 Å². The SMILES string of the molecule is O=C(C1CCCN1S(=O)(=O)c1ccc(F)cc1)N1CCN(c2ccccc2F)CC1. The van der Waals surface area contributed by atoms with Crippen LogP contribution in [-0.2, 0) is 14.8 Å². The number of anilines is 1. The van der Waals surface area contributed by atoms with Gasteiger partial charge >= 0.3 is 0 Å². The van der Waals surface area contributed by atoms with E-state index in [2.05, 4.69) is 0 Å². The molecule has 0 bridgehead atoms. The minimum absolute atomic E-state index is 0.0204. The van der Waals surface area contributed by atoms with Crippen molar-refractivity contribution in [1.82, 2.24) is 9.21 Å². The summed E-state index contributed by atoms with van der Waals surface area (Å²) in [4.78, 5) is 16.6. The van der Waals surface area contributed by atoms with Gasteiger partial charge in [-0.05, 0) is 49.2 Å². The van der Waals surface area contributed by atoms with Crippen LogP contribution in [0.2, 0.25) is 0 Å². The highest BCUT2D eigenvalue weighted by Gasteiger charge is 2.41. The molecule has 2 saturated heterocycles. The molecule has 0 radical (unpaired) electrons. The average molecular weight is 435 g/mol. The summed E-state index contributed by atoms with van der Waals surface area (Å²) < 4.78 is 54.4. The highest BCUT2D eigenvalue weighted by molar-refractivity contribution is 7.89. The minimum Gasteiger partial charge on any atom is -0.366 e. The van der Waals surface area contributed by atoms with Crippen LogP contribution in [0.5, 0.6) is 0 Å². The van der Waals surface area contributed by atoms with Crippen LogP contribution in [0.4, 0.5) is 14.5 Å². The Morgan fingerprint density at radius 2 is 1.57 bits per heavy atom. The van der Waals surface area contributed by atoms with Gasteiger partial charge in [0.05, 0.1) is 10.6 Å². The van der Waals surface area contributed by atoms with Crippen molar-refractivity contribution in [3.63, 3.8) is 0 Å². The number of halogens is 2. The molecular formula is C21H23F2N3O3S. The van der Waals surface area contributed by atoms with E-state index < -0.39 is 21.9 Å². The summed E-state index contributed by atoms with van der Waals surface area (Å²) in [7, 11) is -3.89. The highest BCUT2D eigenvalue weighted by Crippen LogP contribution is 2.28. The molecule has 1 unspecified atom stereocenters. The van der Waals surface area contributed by atoms with Gasteiger partial charge < -0.3 is 9.80 Å². The Kier molecular flexibility index (Phi) is 5.75. The van der Waals surface area contributed by atoms with E-state index in [0.29, 0.717) is 44.7 Å². The Balaban J connectivity index is 1.45. The van der Waals surface area contributed by atoms with Gasteiger partial charge in [-0.1, -0.05) is 12.1 Å². The third kappa shape index (κ3) is 3.91. The second-order valence-corrected chi connectivity index (χ2v) is 9.38. The van der Waals surface area contributed by atoms with E-state index in [1.54, 1.807) is 23.1 Å². The topological polar surface area (TPSA) is 60.9 Å². The Hall–Kier alpha value is -2.52. The van der Waals surface area contributed by atoms with E-state index in [1.165, 1.54) is 22.5 Å². The maximum atomic E-state index is 14.0. The lowest BCUT2D eigenvalue weighted by Gasteiger charge is -2.38. The summed E-state index contributed by atoms with van der Waals surface area (Å²) in [6.45, 7) is 2.00. The van der Waals surface area contributed by atoms with E-state index in [0.717, 1.165) is 12.1 Å². The fraction of sp³-hybridized carbons (Fsp3) is 0.381. The molecule has 0 N–H and O–H groups in total. The average Bonchev–Trinajstić information content (AvgIpc) is 3.25. The molecule has 30 heavy (non-hydrogen) atoms. The largest absolute Gasteiger partial charge is 0.366 e. The summed E-state index contributed by atoms with van der Waals surface area (Å²) in [5, 5.41) is 0. The van der Waals surface area contributed by atoms with Gasteiger partial charge in [0, 0.05) is 32.7 Å². The first-order chi connectivity index (χ1) is 14.4. The number of sulfonamides is 1. The normalized spacial score (nSPS) is 20.5. The summed E-state index contributed by atoms with van der Waals surface area (Å²) in [6, 6.07) is 10.4. The van der Waals surface area contributed by atoms with Crippen LogP contribution in [0.3, 0.4) is 0 Å². The zero-order valence-electron chi connectivity index (χ0n) is 16.4. The second-order valence-electron chi connectivity index (χ2n) is 7.49. The van der Waals surface area contributed by atoms with E-state index in [4.69, 9.17) is 0 Å². The molecule has 0 spiro atoms. The quantitative estimate of drug-likeness (QED) is 0.740. The maximum Gasteiger partial charge on any atom is 0.243 e. The van der Waals surface area contributed by atoms with Gasteiger partial charge in [-0.2, -0.15) is 4.31 Å². The van der Waals surface area contributed by atoms with Crippen molar-refractivity contribution in [3.8, 4) is 0 Å². The number of piperazine rings is 1. The van der Waals surface area contributed by atoms with Gasteiger partial charge in [-0.15, -0.1) is 0 Å². The molecule has 0 saturated carbocycles. The predicted octanol–water partition coefficient (Wildman–Crippen LogP) is 2.47. The zero-order chi connectivity index (χ0) is 21.3. The van der Waals surface area contributed by atoms with Crippen molar-refractivity contribution in [3.05, 3.63) is 60.2 Å². The Bertz CT molecular complexity index is 1020. The van der Waals surface area contributed by atoms with Crippen molar-refractivity contribution in [2.75, 3.05) is 37.6 Å². The summed E-state index contributed by atoms with van der Waals surface area (Å²) in [6.07, 6.45) is 1.04. The van der Waals surface area contributed by atoms with E-state index >= 15 is 0 Å². The molecule has 160 valence electrons. The third-order valence-corrected chi connectivity index (χ3v) is 7.62. The lowest BCUT2D eigenvalue weighted by molar-refractivity contribution is -0.134. The van der Waals surface area contributed by atoms with Crippen molar-refractivity contribution >= 4 is 21.6 Å². The molecule has 6 nitrogen and oxygen atoms in total. The van der Waals surface area contributed by atoms with Crippen LogP contribution < -0.4 is 4.90 Å². The summed E-state index contributed by atoms with van der Waals surface area (Å²) in [5.41, 5.74) is 0.506. The number of amides is 1. The number of hydrogen-bond acceptors (Lipinski definition) is 4. The number of para-hydroxylation sites is 1. The van der Waals surface area contributed by atoms with E-state index in [9.17, 15) is 22.0 Å². The lowest BCUT2D eigenvalue weighted by atomic mass is 10.1. The van der Waals surface area contributed by atoms with E-state index in [1.807, 2.05) is 4.90 Å². The smallest absolute Gasteiger partial charge is 0.243 e. The first-order valence-corrected chi connectivity index (χ1v) is 11.4. The first kappa shape index (κ1) is 20.7. The van der Waals surface area contributed by atoms with Crippen LogP contribution in [0.1, 0.15) is 12.8 Å². The van der Waals surface area contributed by atoms with Gasteiger partial charge in [0.1, 0.15) is 17.7 Å². The highest BCUT2D eigenvalue weighted by atomic mass is 32.2. The van der Waals surface area contributed by atoms with E-state index in [-0.39, 0.29) is 23.2 Å². The maximum absolute atomic E-state index is 14.0. The molecule has 4 rings (SSSR count). The molecular weight excluding hydrogens is 412 g/mol. The predicted molar refractivity (Wildman–Crippen MR) is 109 cm³/mol. The summed E-state index contributed by atoms with van der Waals surface area (Å²) >= 11 is 0. The van der Waals surface area contributed by atoms with Gasteiger partial charge in [-0.25, -0.2) is 17.2 Å². The first-order valence-electron chi connectivity index (χ1n) is 9.93. The van der Waals surface area contributed by atoms with Crippen LogP contribution in [0.15, 0.2) is 53.4 Å². The van der Waals surface area contributed by atoms with Gasteiger partial charge in [0.2, 0.25) is 15.9 Å². The third-order valence-electron chi connectivity index (χ3n) is 5.69. The Morgan fingerprint density at radius 1 is 0.900 bits per heavy atom. The second kappa shape index (κ2) is 8.31. The van der Waals surface area contributed by atoms with Crippen LogP contribution >= 0.6 is 0 Å². The minimum atomic E-state index is -3.89. The molecule has 2 aliphatic heterocycles. The molecule has 2 aromatic rings. The molecule has 2 fully saturated rings. The standard InChI is InChI=1S/C21H23F2N3O3S/c22-16-7-9-17(10-8-16)30(28,29)26-11-3-6-20(26)21(27)25-14-12-24(13-15-25)19-5-2-1-4-18(19)23/h1-2,4-5,7-10,20H,3,6,11-15H2. The molecule has 1 atom stereocenters. The number of hydrogen-bond donors (Lipinski definition) is 0. The fourth-order valence-corrected chi connectivity index (χ4v) is 5.75. The number of carbonyl (C=O) groups is 1. The number of nitrogens with zero attached hydrogens (tertiary/aromatic N) is 3. The van der Waals surface area contributed by atoms with Crippen LogP contribution in [-0.4, -0.2) is 62.3 Å². The molecule has 2 heterocycles. The van der Waals surface area contributed by atoms with Crippen molar-refractivity contribution in [2.24, 2.45) is 0 Å². The number of carbonyl (C=O) groups excluding carboxylic acids is 1. The van der Waals surface area contributed by atoms with Crippen molar-refractivity contribution in [2.45, 2.75) is 23.8 Å². The van der Waals surface area contributed by atoms with Crippen molar-refractivity contribution in [1.29, 1.82) is 0 Å². The van der Waals surface area contributed by atoms with Gasteiger partial charge in [0.25, 0.3) is 0 Å². The molecule has 9 heteroatoms. The monoisotopic (exact) mass is 435 g/mol. The van der Waals surface area contributed by atoms with Crippen LogP contribution in [0.25, 0.3) is 0 Å². The van der Waals surface area contributed by atoms with Gasteiger partial charge in [0.15, 0.2) is 0 Å². The van der Waals surface area contributed by atoms with Crippen molar-refractivity contribution < 1.29 is 22.0 Å². The Labute approximate surface area is 174 Å². The molecule has 2 aromatic carbocycles. The zero-order valence-corrected chi connectivity index (χ0v) is 17.2. The number of benzene rings is 2. The molecule has 0 aliphatic carbocycles. The molecule has 2 aliphatic rings. The number of rotatable bonds is 4. The summed E-state index contributed by atoms with van der Waals surface area (Å²) in [5.74, 6) is -1.05. The lowest BCUT2D eigenvalue weighted by Crippen LogP contribution is -2.54. The fourth-order valence-electron chi connectivity index (χ4n) is 4.10. The molecule has 0 aromatic heterocycles. The Morgan fingerprint density at radius 3 is 2.23 bits per heavy atom. The molecule has 1 amide bonds.